The molecule has 2 aliphatic carbocycles. The van der Waals surface area contributed by atoms with Gasteiger partial charge in [-0.25, -0.2) is 12.8 Å². The van der Waals surface area contributed by atoms with E-state index in [2.05, 4.69) is 0 Å². The molecular formula is C18H22FNO4S. The Morgan fingerprint density at radius 3 is 2.88 bits per heavy atom. The Hall–Kier alpha value is -1.34. The third-order valence-electron chi connectivity index (χ3n) is 6.82. The summed E-state index contributed by atoms with van der Waals surface area (Å²) in [6.45, 7) is 0.433. The predicted molar refractivity (Wildman–Crippen MR) is 90.4 cm³/mol. The summed E-state index contributed by atoms with van der Waals surface area (Å²) in [4.78, 5) is 0. The number of piperidine rings is 1. The molecule has 2 heterocycles. The predicted octanol–water partition coefficient (Wildman–Crippen LogP) is 2.03. The molecule has 5 nitrogen and oxygen atoms in total. The van der Waals surface area contributed by atoms with Crippen LogP contribution in [0.2, 0.25) is 0 Å². The normalized spacial score (nSPS) is 38.8. The molecule has 0 radical (unpaired) electrons. The molecule has 136 valence electrons. The lowest BCUT2D eigenvalue weighted by atomic mass is 9.52. The quantitative estimate of drug-likeness (QED) is 0.803. The first-order valence-electron chi connectivity index (χ1n) is 8.86. The highest BCUT2D eigenvalue weighted by Crippen LogP contribution is 2.64. The van der Waals surface area contributed by atoms with Crippen molar-refractivity contribution in [3.63, 3.8) is 0 Å². The molecule has 1 spiro atoms. The molecule has 25 heavy (non-hydrogen) atoms. The summed E-state index contributed by atoms with van der Waals surface area (Å²) in [7, 11) is -1.69. The minimum Gasteiger partial charge on any atom is -0.493 e. The molecule has 3 unspecified atom stereocenters. The number of benzene rings is 1. The molecule has 5 atom stereocenters. The van der Waals surface area contributed by atoms with Crippen LogP contribution in [0.3, 0.4) is 0 Å². The van der Waals surface area contributed by atoms with E-state index < -0.39 is 27.7 Å². The van der Waals surface area contributed by atoms with E-state index in [4.69, 9.17) is 9.47 Å². The van der Waals surface area contributed by atoms with E-state index >= 15 is 0 Å². The molecule has 1 aromatic carbocycles. The smallest absolute Gasteiger partial charge is 0.211 e. The van der Waals surface area contributed by atoms with Crippen molar-refractivity contribution >= 4 is 10.0 Å². The lowest BCUT2D eigenvalue weighted by Gasteiger charge is -2.57. The second-order valence-corrected chi connectivity index (χ2v) is 9.74. The Bertz CT molecular complexity index is 857. The van der Waals surface area contributed by atoms with E-state index in [1.807, 2.05) is 12.1 Å². The van der Waals surface area contributed by atoms with Gasteiger partial charge in [-0.15, -0.1) is 0 Å². The number of hydrogen-bond acceptors (Lipinski definition) is 4. The third-order valence-corrected chi connectivity index (χ3v) is 8.13. The van der Waals surface area contributed by atoms with Gasteiger partial charge in [-0.3, -0.25) is 0 Å². The summed E-state index contributed by atoms with van der Waals surface area (Å²) in [6.07, 6.45) is 2.14. The topological polar surface area (TPSA) is 55.8 Å². The Balaban J connectivity index is 1.76. The minimum absolute atomic E-state index is 0.103. The summed E-state index contributed by atoms with van der Waals surface area (Å²) in [5, 5.41) is 0. The molecule has 2 aliphatic heterocycles. The van der Waals surface area contributed by atoms with Crippen molar-refractivity contribution in [2.24, 2.45) is 5.92 Å². The van der Waals surface area contributed by atoms with Crippen LogP contribution in [-0.2, 0) is 21.9 Å². The Labute approximate surface area is 147 Å². The van der Waals surface area contributed by atoms with Gasteiger partial charge in [-0.1, -0.05) is 6.07 Å². The zero-order valence-electron chi connectivity index (χ0n) is 14.4. The summed E-state index contributed by atoms with van der Waals surface area (Å²) in [5.74, 6) is 1.44. The number of methoxy groups -OCH3 is 1. The van der Waals surface area contributed by atoms with E-state index in [0.717, 1.165) is 11.1 Å². The van der Waals surface area contributed by atoms with Gasteiger partial charge in [0.05, 0.1) is 13.4 Å². The van der Waals surface area contributed by atoms with Crippen LogP contribution >= 0.6 is 0 Å². The molecule has 7 heteroatoms. The maximum atomic E-state index is 14.9. The zero-order valence-corrected chi connectivity index (χ0v) is 15.2. The van der Waals surface area contributed by atoms with Crippen molar-refractivity contribution in [3.8, 4) is 11.5 Å². The van der Waals surface area contributed by atoms with Crippen LogP contribution in [0, 0.1) is 5.92 Å². The van der Waals surface area contributed by atoms with Crippen LogP contribution in [0.15, 0.2) is 12.1 Å². The average Bonchev–Trinajstić information content (AvgIpc) is 2.89. The number of rotatable bonds is 2. The molecule has 1 saturated carbocycles. The largest absolute Gasteiger partial charge is 0.493 e. The molecule has 0 amide bonds. The number of halogens is 1. The molecular weight excluding hydrogens is 345 g/mol. The van der Waals surface area contributed by atoms with Crippen LogP contribution < -0.4 is 9.47 Å². The lowest BCUT2D eigenvalue weighted by Crippen LogP contribution is -2.67. The van der Waals surface area contributed by atoms with Gasteiger partial charge in [0.15, 0.2) is 11.5 Å². The standard InChI is InChI=1S/C18H22FNO4S/c1-23-14-6-3-10-9-13-11-4-5-12(19)17-18(11,15(10)16(14)24-17)7-8-20(13)25(2,21)22/h3,6,11-13,17H,4-5,7-9H2,1-2H3/t11?,12?,13-,17+,18?/m0/s1. The van der Waals surface area contributed by atoms with Gasteiger partial charge in [-0.05, 0) is 43.2 Å². The molecule has 0 aromatic heterocycles. The Morgan fingerprint density at radius 2 is 2.16 bits per heavy atom. The molecule has 5 rings (SSSR count). The first kappa shape index (κ1) is 15.9. The molecule has 1 aromatic rings. The Kier molecular flexibility index (Phi) is 3.10. The second kappa shape index (κ2) is 4.88. The van der Waals surface area contributed by atoms with E-state index in [-0.39, 0.29) is 12.0 Å². The maximum absolute atomic E-state index is 14.9. The number of nitrogens with zero attached hydrogens (tertiary/aromatic N) is 1. The van der Waals surface area contributed by atoms with E-state index in [0.29, 0.717) is 43.7 Å². The van der Waals surface area contributed by atoms with Gasteiger partial charge >= 0.3 is 0 Å². The van der Waals surface area contributed by atoms with Crippen molar-refractivity contribution in [2.45, 2.75) is 49.4 Å². The third kappa shape index (κ3) is 1.83. The van der Waals surface area contributed by atoms with Gasteiger partial charge in [0.2, 0.25) is 10.0 Å². The van der Waals surface area contributed by atoms with E-state index in [1.165, 1.54) is 6.26 Å². The molecule has 2 fully saturated rings. The van der Waals surface area contributed by atoms with Crippen molar-refractivity contribution in [1.82, 2.24) is 4.31 Å². The van der Waals surface area contributed by atoms with Gasteiger partial charge < -0.3 is 9.47 Å². The van der Waals surface area contributed by atoms with Gasteiger partial charge in [0.25, 0.3) is 0 Å². The van der Waals surface area contributed by atoms with E-state index in [1.54, 1.807) is 11.4 Å². The van der Waals surface area contributed by atoms with Gasteiger partial charge in [0.1, 0.15) is 12.3 Å². The summed E-state index contributed by atoms with van der Waals surface area (Å²) >= 11 is 0. The van der Waals surface area contributed by atoms with Crippen LogP contribution in [0.4, 0.5) is 4.39 Å². The van der Waals surface area contributed by atoms with Crippen molar-refractivity contribution < 1.29 is 22.3 Å². The highest BCUT2D eigenvalue weighted by atomic mass is 32.2. The fourth-order valence-corrected chi connectivity index (χ4v) is 7.14. The highest BCUT2D eigenvalue weighted by Gasteiger charge is 2.66. The van der Waals surface area contributed by atoms with E-state index in [9.17, 15) is 12.8 Å². The molecule has 1 saturated heterocycles. The van der Waals surface area contributed by atoms with Crippen LogP contribution in [0.5, 0.6) is 11.5 Å². The molecule has 4 aliphatic rings. The average molecular weight is 367 g/mol. The SMILES string of the molecule is COc1ccc2c3c1O[C@@H]1C(F)CCC4[C@H](C2)N(S(C)(=O)=O)CCC341. The number of alkyl halides is 1. The molecule has 2 bridgehead atoms. The zero-order chi connectivity index (χ0) is 17.6. The van der Waals surface area contributed by atoms with Gasteiger partial charge in [-0.2, -0.15) is 4.31 Å². The summed E-state index contributed by atoms with van der Waals surface area (Å²) in [6, 6.07) is 3.76. The fourth-order valence-electron chi connectivity index (χ4n) is 6.01. The maximum Gasteiger partial charge on any atom is 0.211 e. The van der Waals surface area contributed by atoms with Crippen molar-refractivity contribution in [1.29, 1.82) is 0 Å². The fraction of sp³-hybridized carbons (Fsp3) is 0.667. The minimum atomic E-state index is -3.29. The lowest BCUT2D eigenvalue weighted by molar-refractivity contribution is -0.0636. The number of hydrogen-bond donors (Lipinski definition) is 0. The van der Waals surface area contributed by atoms with Crippen LogP contribution in [0.25, 0.3) is 0 Å². The van der Waals surface area contributed by atoms with Gasteiger partial charge in [0, 0.05) is 23.6 Å². The molecule has 0 N–H and O–H groups in total. The number of ether oxygens (including phenoxy) is 2. The highest BCUT2D eigenvalue weighted by molar-refractivity contribution is 7.88. The van der Waals surface area contributed by atoms with Crippen molar-refractivity contribution in [3.05, 3.63) is 23.3 Å². The summed E-state index contributed by atoms with van der Waals surface area (Å²) < 4.78 is 52.8. The first-order valence-corrected chi connectivity index (χ1v) is 10.7. The number of sulfonamides is 1. The first-order chi connectivity index (χ1) is 11.9. The Morgan fingerprint density at radius 1 is 1.36 bits per heavy atom. The second-order valence-electron chi connectivity index (χ2n) is 7.80. The van der Waals surface area contributed by atoms with Crippen molar-refractivity contribution in [2.75, 3.05) is 19.9 Å². The summed E-state index contributed by atoms with van der Waals surface area (Å²) in [5.41, 5.74) is 1.76. The monoisotopic (exact) mass is 367 g/mol. The van der Waals surface area contributed by atoms with Crippen LogP contribution in [-0.4, -0.2) is 51.0 Å². The van der Waals surface area contributed by atoms with Crippen LogP contribution in [0.1, 0.15) is 30.4 Å².